The van der Waals surface area contributed by atoms with Crippen LogP contribution in [0.25, 0.3) is 0 Å². The molecule has 1 saturated heterocycles. The summed E-state index contributed by atoms with van der Waals surface area (Å²) in [4.78, 5) is 26.1. The van der Waals surface area contributed by atoms with Crippen molar-refractivity contribution >= 4 is 39.1 Å². The van der Waals surface area contributed by atoms with Crippen LogP contribution in [-0.4, -0.2) is 24.5 Å². The van der Waals surface area contributed by atoms with Crippen LogP contribution in [0, 0.1) is 0 Å². The van der Waals surface area contributed by atoms with Crippen molar-refractivity contribution in [2.24, 2.45) is 0 Å². The Morgan fingerprint density at radius 2 is 1.79 bits per heavy atom. The second-order valence-electron chi connectivity index (χ2n) is 5.40. The van der Waals surface area contributed by atoms with Gasteiger partial charge in [-0.1, -0.05) is 15.9 Å². The molecule has 1 aliphatic heterocycles. The summed E-state index contributed by atoms with van der Waals surface area (Å²) in [6.07, 6.45) is 0.141. The molecule has 0 saturated carbocycles. The van der Waals surface area contributed by atoms with Gasteiger partial charge >= 0.3 is 0 Å². The molecule has 6 heteroatoms. The van der Waals surface area contributed by atoms with E-state index in [0.717, 1.165) is 10.2 Å². The van der Waals surface area contributed by atoms with Gasteiger partial charge in [0, 0.05) is 10.2 Å². The third-order valence-electron chi connectivity index (χ3n) is 3.74. The summed E-state index contributed by atoms with van der Waals surface area (Å²) < 4.78 is 6.34. The normalized spacial score (nSPS) is 17.2. The van der Waals surface area contributed by atoms with Gasteiger partial charge in [0.1, 0.15) is 11.8 Å². The lowest BCUT2D eigenvalue weighted by Gasteiger charge is -2.16. The molecule has 0 aromatic heterocycles. The van der Waals surface area contributed by atoms with Crippen LogP contribution < -0.4 is 15.0 Å². The number of carbonyl (C=O) groups is 2. The number of benzene rings is 2. The van der Waals surface area contributed by atoms with E-state index < -0.39 is 6.04 Å². The van der Waals surface area contributed by atoms with E-state index in [1.807, 2.05) is 31.2 Å². The van der Waals surface area contributed by atoms with Crippen LogP contribution in [0.2, 0.25) is 0 Å². The molecule has 1 atom stereocenters. The minimum absolute atomic E-state index is 0.141. The van der Waals surface area contributed by atoms with E-state index >= 15 is 0 Å². The Bertz CT molecular complexity index is 744. The molecule has 0 aliphatic carbocycles. The molecule has 1 fully saturated rings. The monoisotopic (exact) mass is 388 g/mol. The molecule has 0 spiro atoms. The molecule has 1 N–H and O–H groups in total. The van der Waals surface area contributed by atoms with Crippen molar-refractivity contribution in [3.05, 3.63) is 53.0 Å². The lowest BCUT2D eigenvalue weighted by atomic mass is 10.2. The Labute approximate surface area is 148 Å². The number of amides is 2. The van der Waals surface area contributed by atoms with Crippen LogP contribution >= 0.6 is 15.9 Å². The van der Waals surface area contributed by atoms with E-state index in [1.165, 1.54) is 4.90 Å². The number of hydrogen-bond acceptors (Lipinski definition) is 4. The number of nitrogens with one attached hydrogen (secondary N) is 1. The second-order valence-corrected chi connectivity index (χ2v) is 6.32. The quantitative estimate of drug-likeness (QED) is 0.795. The average molecular weight is 389 g/mol. The molecule has 0 bridgehead atoms. The second kappa shape index (κ2) is 7.05. The van der Waals surface area contributed by atoms with Crippen LogP contribution in [0.4, 0.5) is 11.4 Å². The maximum Gasteiger partial charge on any atom is 0.256 e. The first kappa shape index (κ1) is 16.5. The number of carbonyl (C=O) groups excluding carboxylic acids is 2. The van der Waals surface area contributed by atoms with E-state index in [0.29, 0.717) is 18.0 Å². The summed E-state index contributed by atoms with van der Waals surface area (Å²) in [6.45, 7) is 2.47. The standard InChI is InChI=1S/C18H17BrN2O3/c1-2-24-15-9-7-14(8-10-15)21-17(22)11-16(18(21)23)20-13-5-3-12(19)4-6-13/h3-10,16,20H,2,11H2,1H3. The predicted molar refractivity (Wildman–Crippen MR) is 96.3 cm³/mol. The molecule has 5 nitrogen and oxygen atoms in total. The van der Waals surface area contributed by atoms with Crippen molar-refractivity contribution in [2.45, 2.75) is 19.4 Å². The highest BCUT2D eigenvalue weighted by Crippen LogP contribution is 2.27. The molecular weight excluding hydrogens is 372 g/mol. The van der Waals surface area contributed by atoms with Gasteiger partial charge in [0.15, 0.2) is 0 Å². The van der Waals surface area contributed by atoms with Gasteiger partial charge in [0.2, 0.25) is 5.91 Å². The van der Waals surface area contributed by atoms with Crippen molar-refractivity contribution in [1.82, 2.24) is 0 Å². The first-order valence-electron chi connectivity index (χ1n) is 7.70. The minimum atomic E-state index is -0.551. The molecule has 1 heterocycles. The third-order valence-corrected chi connectivity index (χ3v) is 4.27. The predicted octanol–water partition coefficient (Wildman–Crippen LogP) is 3.59. The Balaban J connectivity index is 1.74. The van der Waals surface area contributed by atoms with Gasteiger partial charge in [0.05, 0.1) is 18.7 Å². The minimum Gasteiger partial charge on any atom is -0.494 e. The van der Waals surface area contributed by atoms with Crippen LogP contribution in [0.15, 0.2) is 53.0 Å². The zero-order chi connectivity index (χ0) is 17.1. The summed E-state index contributed by atoms with van der Waals surface area (Å²) in [7, 11) is 0. The van der Waals surface area contributed by atoms with Gasteiger partial charge in [-0.15, -0.1) is 0 Å². The van der Waals surface area contributed by atoms with E-state index in [2.05, 4.69) is 21.2 Å². The Morgan fingerprint density at radius 1 is 1.12 bits per heavy atom. The van der Waals surface area contributed by atoms with E-state index in [1.54, 1.807) is 24.3 Å². The largest absolute Gasteiger partial charge is 0.494 e. The average Bonchev–Trinajstić information content (AvgIpc) is 2.85. The molecule has 1 unspecified atom stereocenters. The van der Waals surface area contributed by atoms with Gasteiger partial charge < -0.3 is 10.1 Å². The van der Waals surface area contributed by atoms with E-state index in [9.17, 15) is 9.59 Å². The first-order valence-corrected chi connectivity index (χ1v) is 8.49. The first-order chi connectivity index (χ1) is 11.6. The highest BCUT2D eigenvalue weighted by Gasteiger charge is 2.39. The van der Waals surface area contributed by atoms with Gasteiger partial charge in [-0.25, -0.2) is 4.90 Å². The lowest BCUT2D eigenvalue weighted by molar-refractivity contribution is -0.121. The van der Waals surface area contributed by atoms with Crippen LogP contribution in [0.1, 0.15) is 13.3 Å². The number of anilines is 2. The number of rotatable bonds is 5. The highest BCUT2D eigenvalue weighted by molar-refractivity contribution is 9.10. The fraction of sp³-hybridized carbons (Fsp3) is 0.222. The molecule has 0 radical (unpaired) electrons. The Kier molecular flexibility index (Phi) is 4.85. The number of halogens is 1. The maximum absolute atomic E-state index is 12.6. The van der Waals surface area contributed by atoms with Crippen molar-refractivity contribution < 1.29 is 14.3 Å². The van der Waals surface area contributed by atoms with Crippen molar-refractivity contribution in [3.8, 4) is 5.75 Å². The van der Waals surface area contributed by atoms with Gasteiger partial charge in [-0.05, 0) is 55.5 Å². The van der Waals surface area contributed by atoms with Crippen LogP contribution in [-0.2, 0) is 9.59 Å². The van der Waals surface area contributed by atoms with E-state index in [-0.39, 0.29) is 18.2 Å². The maximum atomic E-state index is 12.6. The molecular formula is C18H17BrN2O3. The molecule has 2 aromatic carbocycles. The highest BCUT2D eigenvalue weighted by atomic mass is 79.9. The fourth-order valence-electron chi connectivity index (χ4n) is 2.62. The number of imide groups is 1. The Hall–Kier alpha value is -2.34. The summed E-state index contributed by atoms with van der Waals surface area (Å²) >= 11 is 3.37. The van der Waals surface area contributed by atoms with Gasteiger partial charge in [0.25, 0.3) is 5.91 Å². The van der Waals surface area contributed by atoms with Crippen molar-refractivity contribution in [1.29, 1.82) is 0 Å². The summed E-state index contributed by atoms with van der Waals surface area (Å²) in [5, 5.41) is 3.12. The Morgan fingerprint density at radius 3 is 2.42 bits per heavy atom. The molecule has 3 rings (SSSR count). The van der Waals surface area contributed by atoms with Gasteiger partial charge in [-0.2, -0.15) is 0 Å². The molecule has 2 amide bonds. The SMILES string of the molecule is CCOc1ccc(N2C(=O)CC(Nc3ccc(Br)cc3)C2=O)cc1. The fourth-order valence-corrected chi connectivity index (χ4v) is 2.89. The summed E-state index contributed by atoms with van der Waals surface area (Å²) in [5.41, 5.74) is 1.37. The smallest absolute Gasteiger partial charge is 0.256 e. The molecule has 124 valence electrons. The zero-order valence-corrected chi connectivity index (χ0v) is 14.7. The van der Waals surface area contributed by atoms with Gasteiger partial charge in [-0.3, -0.25) is 9.59 Å². The van der Waals surface area contributed by atoms with Crippen LogP contribution in [0.3, 0.4) is 0 Å². The molecule has 1 aliphatic rings. The topological polar surface area (TPSA) is 58.6 Å². The summed E-state index contributed by atoms with van der Waals surface area (Å²) in [5.74, 6) is 0.260. The number of hydrogen-bond donors (Lipinski definition) is 1. The zero-order valence-electron chi connectivity index (χ0n) is 13.2. The molecule has 24 heavy (non-hydrogen) atoms. The lowest BCUT2D eigenvalue weighted by Crippen LogP contribution is -2.34. The number of nitrogens with zero attached hydrogens (tertiary/aromatic N) is 1. The summed E-state index contributed by atoms with van der Waals surface area (Å²) in [6, 6.07) is 13.9. The van der Waals surface area contributed by atoms with E-state index in [4.69, 9.17) is 4.74 Å². The van der Waals surface area contributed by atoms with Crippen molar-refractivity contribution in [2.75, 3.05) is 16.8 Å². The van der Waals surface area contributed by atoms with Crippen LogP contribution in [0.5, 0.6) is 5.75 Å². The van der Waals surface area contributed by atoms with Crippen molar-refractivity contribution in [3.63, 3.8) is 0 Å². The third kappa shape index (κ3) is 3.43. The number of ether oxygens (including phenoxy) is 1. The molecule has 2 aromatic rings.